The molecule has 0 amide bonds. The van der Waals surface area contributed by atoms with Crippen molar-refractivity contribution in [3.8, 4) is 0 Å². The smallest absolute Gasteiger partial charge is 0.158 e. The Morgan fingerprint density at radius 2 is 1.86 bits per heavy atom. The van der Waals surface area contributed by atoms with E-state index in [1.165, 1.54) is 0 Å². The van der Waals surface area contributed by atoms with Crippen LogP contribution in [0.5, 0.6) is 0 Å². The van der Waals surface area contributed by atoms with Gasteiger partial charge in [0.25, 0.3) is 0 Å². The predicted octanol–water partition coefficient (Wildman–Crippen LogP) is 1.12. The third-order valence-corrected chi connectivity index (χ3v) is 4.36. The molecule has 1 rings (SSSR count). The van der Waals surface area contributed by atoms with Crippen LogP contribution in [0.25, 0.3) is 0 Å². The second-order valence-electron chi connectivity index (χ2n) is 3.21. The van der Waals surface area contributed by atoms with Gasteiger partial charge in [-0.2, -0.15) is 0 Å². The van der Waals surface area contributed by atoms with Crippen LogP contribution in [0.1, 0.15) is 17.7 Å². The first-order valence-corrected chi connectivity index (χ1v) is 6.26. The van der Waals surface area contributed by atoms with Crippen molar-refractivity contribution in [1.82, 2.24) is 0 Å². The summed E-state index contributed by atoms with van der Waals surface area (Å²) in [6.07, 6.45) is 0. The summed E-state index contributed by atoms with van der Waals surface area (Å²) >= 11 is 0. The molecule has 2 N–H and O–H groups in total. The van der Waals surface area contributed by atoms with Crippen molar-refractivity contribution in [3.63, 3.8) is 0 Å². The molecular formula is C10H15NO2S. The minimum Gasteiger partial charge on any atom is -0.329 e. The third-order valence-electron chi connectivity index (χ3n) is 2.21. The normalized spacial score (nSPS) is 13.9. The fourth-order valence-electron chi connectivity index (χ4n) is 1.27. The molecular weight excluding hydrogens is 198 g/mol. The highest BCUT2D eigenvalue weighted by atomic mass is 32.2. The molecule has 3 nitrogen and oxygen atoms in total. The van der Waals surface area contributed by atoms with Gasteiger partial charge in [-0.05, 0) is 12.5 Å². The third kappa shape index (κ3) is 2.56. The van der Waals surface area contributed by atoms with Gasteiger partial charge in [-0.1, -0.05) is 30.3 Å². The molecule has 1 aromatic rings. The summed E-state index contributed by atoms with van der Waals surface area (Å²) in [5.74, 6) is 0.0447. The number of benzene rings is 1. The van der Waals surface area contributed by atoms with Crippen LogP contribution in [0.2, 0.25) is 0 Å². The molecule has 0 radical (unpaired) electrons. The number of hydrogen-bond donors (Lipinski definition) is 1. The first kappa shape index (κ1) is 11.2. The maximum atomic E-state index is 11.7. The second-order valence-corrected chi connectivity index (χ2v) is 5.65. The molecule has 0 spiro atoms. The standard InChI is InChI=1S/C10H15NO2S/c1-9(14(12,13)8-7-11)10-5-3-2-4-6-10/h2-6,9H,7-8,11H2,1H3. The number of rotatable bonds is 4. The molecule has 0 aliphatic carbocycles. The zero-order valence-electron chi connectivity index (χ0n) is 8.18. The monoisotopic (exact) mass is 213 g/mol. The summed E-state index contributed by atoms with van der Waals surface area (Å²) in [5, 5.41) is -0.466. The fourth-order valence-corrected chi connectivity index (χ4v) is 2.53. The highest BCUT2D eigenvalue weighted by molar-refractivity contribution is 7.91. The highest BCUT2D eigenvalue weighted by Crippen LogP contribution is 2.21. The number of hydrogen-bond acceptors (Lipinski definition) is 3. The molecule has 0 bridgehead atoms. The predicted molar refractivity (Wildman–Crippen MR) is 57.7 cm³/mol. The van der Waals surface area contributed by atoms with Crippen LogP contribution in [0.4, 0.5) is 0 Å². The van der Waals surface area contributed by atoms with E-state index in [0.717, 1.165) is 5.56 Å². The van der Waals surface area contributed by atoms with E-state index in [4.69, 9.17) is 5.73 Å². The van der Waals surface area contributed by atoms with Crippen LogP contribution in [0, 0.1) is 0 Å². The molecule has 0 heterocycles. The van der Waals surface area contributed by atoms with Gasteiger partial charge < -0.3 is 5.73 Å². The van der Waals surface area contributed by atoms with E-state index in [1.54, 1.807) is 6.92 Å². The van der Waals surface area contributed by atoms with Gasteiger partial charge >= 0.3 is 0 Å². The first-order valence-electron chi connectivity index (χ1n) is 4.54. The van der Waals surface area contributed by atoms with E-state index in [0.29, 0.717) is 0 Å². The number of nitrogens with two attached hydrogens (primary N) is 1. The Morgan fingerprint density at radius 1 is 1.29 bits per heavy atom. The van der Waals surface area contributed by atoms with Gasteiger partial charge in [0.15, 0.2) is 9.84 Å². The summed E-state index contributed by atoms with van der Waals surface area (Å²) in [7, 11) is -3.09. The Balaban J connectivity index is 2.91. The van der Waals surface area contributed by atoms with E-state index >= 15 is 0 Å². The molecule has 78 valence electrons. The first-order chi connectivity index (χ1) is 6.58. The zero-order chi connectivity index (χ0) is 10.6. The summed E-state index contributed by atoms with van der Waals surface area (Å²) in [6, 6.07) is 9.18. The Hall–Kier alpha value is -0.870. The Labute approximate surface area is 84.9 Å². The van der Waals surface area contributed by atoms with Gasteiger partial charge in [-0.25, -0.2) is 8.42 Å². The summed E-state index contributed by atoms with van der Waals surface area (Å²) in [4.78, 5) is 0. The summed E-state index contributed by atoms with van der Waals surface area (Å²) < 4.78 is 23.3. The Morgan fingerprint density at radius 3 is 2.36 bits per heavy atom. The average Bonchev–Trinajstić information content (AvgIpc) is 2.18. The molecule has 1 aromatic carbocycles. The van der Waals surface area contributed by atoms with Crippen molar-refractivity contribution in [2.45, 2.75) is 12.2 Å². The van der Waals surface area contributed by atoms with Gasteiger partial charge in [0.05, 0.1) is 11.0 Å². The summed E-state index contributed by atoms with van der Waals surface area (Å²) in [6.45, 7) is 1.87. The lowest BCUT2D eigenvalue weighted by Gasteiger charge is -2.11. The molecule has 14 heavy (non-hydrogen) atoms. The lowest BCUT2D eigenvalue weighted by molar-refractivity contribution is 0.586. The van der Waals surface area contributed by atoms with Crippen LogP contribution >= 0.6 is 0 Å². The van der Waals surface area contributed by atoms with Crippen molar-refractivity contribution < 1.29 is 8.42 Å². The van der Waals surface area contributed by atoms with Crippen molar-refractivity contribution in [2.24, 2.45) is 5.73 Å². The van der Waals surface area contributed by atoms with Crippen LogP contribution < -0.4 is 5.73 Å². The maximum absolute atomic E-state index is 11.7. The van der Waals surface area contributed by atoms with E-state index < -0.39 is 15.1 Å². The topological polar surface area (TPSA) is 60.2 Å². The second kappa shape index (κ2) is 4.57. The van der Waals surface area contributed by atoms with Crippen molar-refractivity contribution in [1.29, 1.82) is 0 Å². The van der Waals surface area contributed by atoms with Gasteiger partial charge in [0.1, 0.15) is 0 Å². The van der Waals surface area contributed by atoms with Crippen molar-refractivity contribution >= 4 is 9.84 Å². The minimum absolute atomic E-state index is 0.0447. The molecule has 4 heteroatoms. The highest BCUT2D eigenvalue weighted by Gasteiger charge is 2.20. The Kier molecular flexibility index (Phi) is 3.66. The molecule has 0 aliphatic heterocycles. The van der Waals surface area contributed by atoms with Crippen LogP contribution in [-0.2, 0) is 9.84 Å². The number of sulfone groups is 1. The molecule has 0 aliphatic rings. The molecule has 0 saturated carbocycles. The van der Waals surface area contributed by atoms with Crippen molar-refractivity contribution in [3.05, 3.63) is 35.9 Å². The van der Waals surface area contributed by atoms with Crippen molar-refractivity contribution in [2.75, 3.05) is 12.3 Å². The molecule has 0 saturated heterocycles. The zero-order valence-corrected chi connectivity index (χ0v) is 9.00. The quantitative estimate of drug-likeness (QED) is 0.815. The largest absolute Gasteiger partial charge is 0.329 e. The van der Waals surface area contributed by atoms with Gasteiger partial charge in [0, 0.05) is 6.54 Å². The van der Waals surface area contributed by atoms with E-state index in [-0.39, 0.29) is 12.3 Å². The van der Waals surface area contributed by atoms with Gasteiger partial charge in [0.2, 0.25) is 0 Å². The van der Waals surface area contributed by atoms with E-state index in [9.17, 15) is 8.42 Å². The molecule has 0 fully saturated rings. The SMILES string of the molecule is CC(c1ccccc1)S(=O)(=O)CCN. The van der Waals surface area contributed by atoms with Gasteiger partial charge in [-0.3, -0.25) is 0 Å². The van der Waals surface area contributed by atoms with Crippen LogP contribution in [0.3, 0.4) is 0 Å². The molecule has 1 unspecified atom stereocenters. The average molecular weight is 213 g/mol. The van der Waals surface area contributed by atoms with Crippen LogP contribution in [-0.4, -0.2) is 20.7 Å². The molecule has 0 aromatic heterocycles. The Bertz CT molecular complexity index is 372. The summed E-state index contributed by atoms with van der Waals surface area (Å²) in [5.41, 5.74) is 6.07. The lowest BCUT2D eigenvalue weighted by Crippen LogP contribution is -2.20. The van der Waals surface area contributed by atoms with E-state index in [2.05, 4.69) is 0 Å². The van der Waals surface area contributed by atoms with Crippen LogP contribution in [0.15, 0.2) is 30.3 Å². The lowest BCUT2D eigenvalue weighted by atomic mass is 10.2. The molecule has 1 atom stereocenters. The maximum Gasteiger partial charge on any atom is 0.158 e. The minimum atomic E-state index is -3.09. The fraction of sp³-hybridized carbons (Fsp3) is 0.400. The van der Waals surface area contributed by atoms with Gasteiger partial charge in [-0.15, -0.1) is 0 Å². The van der Waals surface area contributed by atoms with E-state index in [1.807, 2.05) is 30.3 Å².